The van der Waals surface area contributed by atoms with Crippen molar-refractivity contribution in [3.63, 3.8) is 0 Å². The van der Waals surface area contributed by atoms with Crippen molar-refractivity contribution in [3.8, 4) is 0 Å². The smallest absolute Gasteiger partial charge is 0.337 e. The Balaban J connectivity index is 2.99. The summed E-state index contributed by atoms with van der Waals surface area (Å²) in [5, 5.41) is 8.83. The fourth-order valence-corrected chi connectivity index (χ4v) is 1.32. The lowest BCUT2D eigenvalue weighted by atomic mass is 9.98. The van der Waals surface area contributed by atoms with Gasteiger partial charge in [-0.2, -0.15) is 0 Å². The van der Waals surface area contributed by atoms with Gasteiger partial charge in [0.25, 0.3) is 5.56 Å². The molecule has 1 aromatic rings. The molecule has 0 aliphatic heterocycles. The average Bonchev–Trinajstić information content (AvgIpc) is 2.20. The molecule has 1 aromatic heterocycles. The fourth-order valence-electron chi connectivity index (χ4n) is 1.32. The van der Waals surface area contributed by atoms with E-state index in [0.717, 1.165) is 0 Å². The molecule has 0 aromatic carbocycles. The second-order valence-electron chi connectivity index (χ2n) is 4.43. The van der Waals surface area contributed by atoms with E-state index in [9.17, 15) is 9.59 Å². The van der Waals surface area contributed by atoms with Crippen LogP contribution in [0.15, 0.2) is 23.1 Å². The number of aromatic nitrogens is 1. The predicted molar refractivity (Wildman–Crippen MR) is 61.7 cm³/mol. The molecule has 88 valence electrons. The minimum Gasteiger partial charge on any atom is -0.478 e. The Hall–Kier alpha value is -1.58. The Bertz CT molecular complexity index is 434. The Morgan fingerprint density at radius 3 is 2.50 bits per heavy atom. The molecule has 1 atom stereocenters. The van der Waals surface area contributed by atoms with Gasteiger partial charge in [-0.05, 0) is 17.9 Å². The van der Waals surface area contributed by atoms with E-state index in [-0.39, 0.29) is 11.1 Å². The summed E-state index contributed by atoms with van der Waals surface area (Å²) in [6, 6.07) is 2.64. The van der Waals surface area contributed by atoms with Gasteiger partial charge in [-0.3, -0.25) is 4.79 Å². The second-order valence-corrected chi connectivity index (χ2v) is 4.43. The number of rotatable bonds is 4. The third kappa shape index (κ3) is 2.95. The molecule has 1 heterocycles. The molecule has 0 aliphatic rings. The molecule has 0 aliphatic carbocycles. The molecule has 0 bridgehead atoms. The summed E-state index contributed by atoms with van der Waals surface area (Å²) in [6.45, 7) is 6.76. The number of pyridine rings is 1. The van der Waals surface area contributed by atoms with E-state index in [1.54, 1.807) is 0 Å². The number of nitrogens with zero attached hydrogens (tertiary/aromatic N) is 1. The SMILES string of the molecule is CC(C)C(C)Cn1cc(C(=O)O)ccc1=O. The lowest BCUT2D eigenvalue weighted by molar-refractivity contribution is 0.0695. The van der Waals surface area contributed by atoms with Crippen LogP contribution < -0.4 is 5.56 Å². The van der Waals surface area contributed by atoms with E-state index in [1.807, 2.05) is 6.92 Å². The lowest BCUT2D eigenvalue weighted by Gasteiger charge is -2.16. The van der Waals surface area contributed by atoms with Crippen LogP contribution in [0.1, 0.15) is 31.1 Å². The first-order chi connectivity index (χ1) is 7.41. The molecule has 0 saturated carbocycles. The first-order valence-corrected chi connectivity index (χ1v) is 5.35. The zero-order valence-corrected chi connectivity index (χ0v) is 9.80. The Morgan fingerprint density at radius 1 is 1.38 bits per heavy atom. The van der Waals surface area contributed by atoms with Gasteiger partial charge in [0.15, 0.2) is 0 Å². The summed E-state index contributed by atoms with van der Waals surface area (Å²) in [4.78, 5) is 22.3. The van der Waals surface area contributed by atoms with Crippen molar-refractivity contribution in [3.05, 3.63) is 34.2 Å². The molecule has 1 N–H and O–H groups in total. The van der Waals surface area contributed by atoms with Gasteiger partial charge in [0.05, 0.1) is 5.56 Å². The maximum atomic E-state index is 11.5. The van der Waals surface area contributed by atoms with Gasteiger partial charge in [0, 0.05) is 18.8 Å². The standard InChI is InChI=1S/C12H17NO3/c1-8(2)9(3)6-13-7-10(12(15)16)4-5-11(13)14/h4-5,7-9H,6H2,1-3H3,(H,15,16). The largest absolute Gasteiger partial charge is 0.478 e. The fraction of sp³-hybridized carbons (Fsp3) is 0.500. The van der Waals surface area contributed by atoms with Crippen LogP contribution in [-0.2, 0) is 6.54 Å². The highest BCUT2D eigenvalue weighted by Crippen LogP contribution is 2.11. The van der Waals surface area contributed by atoms with Crippen molar-refractivity contribution in [1.82, 2.24) is 4.57 Å². The van der Waals surface area contributed by atoms with E-state index < -0.39 is 5.97 Å². The molecule has 4 nitrogen and oxygen atoms in total. The maximum absolute atomic E-state index is 11.5. The van der Waals surface area contributed by atoms with Crippen LogP contribution in [0, 0.1) is 11.8 Å². The van der Waals surface area contributed by atoms with Gasteiger partial charge in [-0.15, -0.1) is 0 Å². The molecule has 4 heteroatoms. The normalized spacial score (nSPS) is 12.8. The van der Waals surface area contributed by atoms with E-state index in [1.165, 1.54) is 22.9 Å². The zero-order valence-electron chi connectivity index (χ0n) is 9.80. The van der Waals surface area contributed by atoms with Crippen LogP contribution in [-0.4, -0.2) is 15.6 Å². The number of carboxylic acids is 1. The van der Waals surface area contributed by atoms with Crippen molar-refractivity contribution in [2.75, 3.05) is 0 Å². The van der Waals surface area contributed by atoms with E-state index >= 15 is 0 Å². The van der Waals surface area contributed by atoms with Crippen LogP contribution in [0.25, 0.3) is 0 Å². The molecule has 0 spiro atoms. The Kier molecular flexibility index (Phi) is 3.88. The average molecular weight is 223 g/mol. The van der Waals surface area contributed by atoms with Crippen molar-refractivity contribution < 1.29 is 9.90 Å². The van der Waals surface area contributed by atoms with E-state index in [2.05, 4.69) is 13.8 Å². The molecule has 0 fully saturated rings. The number of aromatic carboxylic acids is 1. The van der Waals surface area contributed by atoms with Crippen molar-refractivity contribution in [2.45, 2.75) is 27.3 Å². The molecular formula is C12H17NO3. The van der Waals surface area contributed by atoms with Crippen LogP contribution in [0.5, 0.6) is 0 Å². The van der Waals surface area contributed by atoms with Gasteiger partial charge in [-0.1, -0.05) is 20.8 Å². The molecule has 0 radical (unpaired) electrons. The number of carboxylic acid groups (broad SMARTS) is 1. The highest BCUT2D eigenvalue weighted by molar-refractivity contribution is 5.87. The van der Waals surface area contributed by atoms with Gasteiger partial charge in [0.2, 0.25) is 0 Å². The molecule has 0 saturated heterocycles. The lowest BCUT2D eigenvalue weighted by Crippen LogP contribution is -2.25. The van der Waals surface area contributed by atoms with E-state index in [4.69, 9.17) is 5.11 Å². The molecule has 16 heavy (non-hydrogen) atoms. The summed E-state index contributed by atoms with van der Waals surface area (Å²) in [6.07, 6.45) is 1.41. The van der Waals surface area contributed by atoms with Crippen LogP contribution in [0.3, 0.4) is 0 Å². The van der Waals surface area contributed by atoms with Gasteiger partial charge in [-0.25, -0.2) is 4.79 Å². The summed E-state index contributed by atoms with van der Waals surface area (Å²) in [5.74, 6) is -0.215. The first-order valence-electron chi connectivity index (χ1n) is 5.35. The minimum absolute atomic E-state index is 0.149. The zero-order chi connectivity index (χ0) is 12.3. The first kappa shape index (κ1) is 12.5. The molecule has 1 rings (SSSR count). The Morgan fingerprint density at radius 2 is 2.00 bits per heavy atom. The molecular weight excluding hydrogens is 206 g/mol. The maximum Gasteiger partial charge on any atom is 0.337 e. The summed E-state index contributed by atoms with van der Waals surface area (Å²) in [7, 11) is 0. The minimum atomic E-state index is -1.01. The van der Waals surface area contributed by atoms with Crippen LogP contribution >= 0.6 is 0 Å². The van der Waals surface area contributed by atoms with Gasteiger partial charge < -0.3 is 9.67 Å². The van der Waals surface area contributed by atoms with Crippen LogP contribution in [0.2, 0.25) is 0 Å². The van der Waals surface area contributed by atoms with Crippen molar-refractivity contribution >= 4 is 5.97 Å². The van der Waals surface area contributed by atoms with Gasteiger partial charge >= 0.3 is 5.97 Å². The third-order valence-electron chi connectivity index (χ3n) is 2.85. The summed E-state index contributed by atoms with van der Waals surface area (Å²) < 4.78 is 1.47. The quantitative estimate of drug-likeness (QED) is 0.847. The topological polar surface area (TPSA) is 59.3 Å². The number of hydrogen-bond acceptors (Lipinski definition) is 2. The third-order valence-corrected chi connectivity index (χ3v) is 2.85. The summed E-state index contributed by atoms with van der Waals surface area (Å²) >= 11 is 0. The number of carbonyl (C=O) groups is 1. The monoisotopic (exact) mass is 223 g/mol. The van der Waals surface area contributed by atoms with Crippen molar-refractivity contribution in [2.24, 2.45) is 11.8 Å². The molecule has 0 amide bonds. The highest BCUT2D eigenvalue weighted by atomic mass is 16.4. The Labute approximate surface area is 94.5 Å². The van der Waals surface area contributed by atoms with Crippen LogP contribution in [0.4, 0.5) is 0 Å². The summed E-state index contributed by atoms with van der Waals surface area (Å²) in [5.41, 5.74) is -0.00643. The molecule has 1 unspecified atom stereocenters. The second kappa shape index (κ2) is 4.96. The van der Waals surface area contributed by atoms with E-state index in [0.29, 0.717) is 18.4 Å². The van der Waals surface area contributed by atoms with Crippen molar-refractivity contribution in [1.29, 1.82) is 0 Å². The van der Waals surface area contributed by atoms with Gasteiger partial charge in [0.1, 0.15) is 0 Å². The highest BCUT2D eigenvalue weighted by Gasteiger charge is 2.10. The number of hydrogen-bond donors (Lipinski definition) is 1. The predicted octanol–water partition coefficient (Wildman–Crippen LogP) is 1.84.